The zero-order valence-electron chi connectivity index (χ0n) is 7.97. The number of amides is 1. The lowest BCUT2D eigenvalue weighted by atomic mass is 10.2. The molecule has 0 unspecified atom stereocenters. The van der Waals surface area contributed by atoms with Gasteiger partial charge < -0.3 is 10.6 Å². The molecule has 1 aromatic rings. The van der Waals surface area contributed by atoms with Crippen LogP contribution in [-0.2, 0) is 9.59 Å². The molecule has 0 aliphatic carbocycles. The quantitative estimate of drug-likeness (QED) is 0.566. The van der Waals surface area contributed by atoms with Gasteiger partial charge in [-0.15, -0.1) is 0 Å². The summed E-state index contributed by atoms with van der Waals surface area (Å²) in [5.41, 5.74) is 6.91. The molecule has 0 spiro atoms. The molecule has 2 N–H and O–H groups in total. The Labute approximate surface area is 91.4 Å². The average Bonchev–Trinajstić information content (AvgIpc) is 2.24. The number of benzene rings is 1. The van der Waals surface area contributed by atoms with Gasteiger partial charge in [-0.2, -0.15) is 0 Å². The molecule has 0 saturated carbocycles. The fourth-order valence-corrected chi connectivity index (χ4v) is 2.10. The van der Waals surface area contributed by atoms with Crippen LogP contribution < -0.4 is 10.6 Å². The molecule has 1 heterocycles. The fourth-order valence-electron chi connectivity index (χ4n) is 1.40. The maximum Gasteiger partial charge on any atom is 0.305 e. The molecule has 0 bridgehead atoms. The van der Waals surface area contributed by atoms with Crippen molar-refractivity contribution in [3.63, 3.8) is 0 Å². The highest BCUT2D eigenvalue weighted by Gasteiger charge is 2.27. The molecule has 1 amide bonds. The molecule has 1 aromatic carbocycles. The van der Waals surface area contributed by atoms with Crippen LogP contribution in [0.1, 0.15) is 0 Å². The zero-order chi connectivity index (χ0) is 10.8. The van der Waals surface area contributed by atoms with Crippen molar-refractivity contribution in [2.45, 2.75) is 0 Å². The van der Waals surface area contributed by atoms with E-state index in [-0.39, 0.29) is 0 Å². The van der Waals surface area contributed by atoms with Gasteiger partial charge in [-0.1, -0.05) is 11.8 Å². The third kappa shape index (κ3) is 1.97. The topological polar surface area (TPSA) is 63.4 Å². The van der Waals surface area contributed by atoms with Crippen LogP contribution in [0.15, 0.2) is 24.3 Å². The molecule has 78 valence electrons. The Kier molecular flexibility index (Phi) is 2.64. The lowest BCUT2D eigenvalue weighted by molar-refractivity contribution is -0.131. The Morgan fingerprint density at radius 1 is 1.20 bits per heavy atom. The summed E-state index contributed by atoms with van der Waals surface area (Å²) in [6.45, 7) is 0.569. The van der Waals surface area contributed by atoms with Crippen molar-refractivity contribution in [3.8, 4) is 0 Å². The van der Waals surface area contributed by atoms with Gasteiger partial charge >= 0.3 is 5.91 Å². The van der Waals surface area contributed by atoms with E-state index in [1.165, 1.54) is 4.90 Å². The smallest absolute Gasteiger partial charge is 0.305 e. The Morgan fingerprint density at radius 3 is 2.53 bits per heavy atom. The van der Waals surface area contributed by atoms with Gasteiger partial charge in [0, 0.05) is 23.7 Å². The molecule has 0 atom stereocenters. The molecule has 1 fully saturated rings. The standard InChI is InChI=1S/C10H10N2O2S/c11-7-1-3-8(4-2-7)12-5-6-15-10(14)9(12)13/h1-4H,5-6,11H2. The summed E-state index contributed by atoms with van der Waals surface area (Å²) in [6, 6.07) is 6.93. The second kappa shape index (κ2) is 3.94. The lowest BCUT2D eigenvalue weighted by Crippen LogP contribution is -2.41. The highest BCUT2D eigenvalue weighted by molar-refractivity contribution is 8.15. The normalized spacial score (nSPS) is 16.9. The first-order valence-electron chi connectivity index (χ1n) is 4.52. The van der Waals surface area contributed by atoms with E-state index in [4.69, 9.17) is 5.73 Å². The maximum atomic E-state index is 11.5. The number of nitrogens with zero attached hydrogens (tertiary/aromatic N) is 1. The van der Waals surface area contributed by atoms with Crippen LogP contribution in [0.2, 0.25) is 0 Å². The molecule has 4 nitrogen and oxygen atoms in total. The van der Waals surface area contributed by atoms with E-state index in [2.05, 4.69) is 0 Å². The van der Waals surface area contributed by atoms with Crippen LogP contribution in [0.25, 0.3) is 0 Å². The minimum Gasteiger partial charge on any atom is -0.399 e. The highest BCUT2D eigenvalue weighted by atomic mass is 32.2. The molecule has 1 saturated heterocycles. The van der Waals surface area contributed by atoms with E-state index in [9.17, 15) is 9.59 Å². The minimum absolute atomic E-state index is 0.391. The van der Waals surface area contributed by atoms with Gasteiger partial charge in [0.25, 0.3) is 5.12 Å². The van der Waals surface area contributed by atoms with E-state index in [1.54, 1.807) is 24.3 Å². The average molecular weight is 222 g/mol. The van der Waals surface area contributed by atoms with Crippen molar-refractivity contribution in [2.75, 3.05) is 22.9 Å². The van der Waals surface area contributed by atoms with Gasteiger partial charge in [-0.3, -0.25) is 9.59 Å². The second-order valence-corrected chi connectivity index (χ2v) is 4.25. The summed E-state index contributed by atoms with van der Waals surface area (Å²) in [6.07, 6.45) is 0. The summed E-state index contributed by atoms with van der Waals surface area (Å²) >= 11 is 1.07. The lowest BCUT2D eigenvalue weighted by Gasteiger charge is -2.25. The number of nitrogens with two attached hydrogens (primary N) is 1. The molecule has 0 radical (unpaired) electrons. The Hall–Kier alpha value is -1.49. The van der Waals surface area contributed by atoms with E-state index in [1.807, 2.05) is 0 Å². The predicted octanol–water partition coefficient (Wildman–Crippen LogP) is 0.875. The largest absolute Gasteiger partial charge is 0.399 e. The zero-order valence-corrected chi connectivity index (χ0v) is 8.79. The molecule has 5 heteroatoms. The number of anilines is 2. The minimum atomic E-state index is -0.448. The summed E-state index contributed by atoms with van der Waals surface area (Å²) in [4.78, 5) is 24.2. The number of hydrogen-bond acceptors (Lipinski definition) is 4. The number of carbonyl (C=O) groups is 2. The van der Waals surface area contributed by atoms with Crippen molar-refractivity contribution < 1.29 is 9.59 Å². The molecular formula is C10H10N2O2S. The van der Waals surface area contributed by atoms with Crippen molar-refractivity contribution in [3.05, 3.63) is 24.3 Å². The van der Waals surface area contributed by atoms with E-state index >= 15 is 0 Å². The first-order valence-corrected chi connectivity index (χ1v) is 5.51. The molecule has 0 aromatic heterocycles. The van der Waals surface area contributed by atoms with Crippen molar-refractivity contribution in [1.29, 1.82) is 0 Å². The molecular weight excluding hydrogens is 212 g/mol. The molecule has 2 rings (SSSR count). The van der Waals surface area contributed by atoms with Crippen molar-refractivity contribution >= 4 is 34.2 Å². The van der Waals surface area contributed by atoms with Gasteiger partial charge in [0.05, 0.1) is 0 Å². The maximum absolute atomic E-state index is 11.5. The summed E-state index contributed by atoms with van der Waals surface area (Å²) in [7, 11) is 0. The molecule has 1 aliphatic heterocycles. The van der Waals surface area contributed by atoms with Crippen molar-refractivity contribution in [2.24, 2.45) is 0 Å². The third-order valence-electron chi connectivity index (χ3n) is 2.17. The van der Waals surface area contributed by atoms with Crippen LogP contribution in [0.4, 0.5) is 11.4 Å². The van der Waals surface area contributed by atoms with E-state index in [0.29, 0.717) is 18.0 Å². The summed E-state index contributed by atoms with van der Waals surface area (Å²) in [5, 5.41) is -0.391. The molecule has 15 heavy (non-hydrogen) atoms. The summed E-state index contributed by atoms with van der Waals surface area (Å²) < 4.78 is 0. The first kappa shape index (κ1) is 10.0. The Morgan fingerprint density at radius 2 is 1.87 bits per heavy atom. The SMILES string of the molecule is Nc1ccc(N2CCSC(=O)C2=O)cc1. The third-order valence-corrected chi connectivity index (χ3v) is 3.00. The monoisotopic (exact) mass is 222 g/mol. The number of hydrogen-bond donors (Lipinski definition) is 1. The molecule has 1 aliphatic rings. The fraction of sp³-hybridized carbons (Fsp3) is 0.200. The highest BCUT2D eigenvalue weighted by Crippen LogP contribution is 2.22. The number of thioether (sulfide) groups is 1. The van der Waals surface area contributed by atoms with Crippen LogP contribution in [-0.4, -0.2) is 23.3 Å². The van der Waals surface area contributed by atoms with Crippen molar-refractivity contribution in [1.82, 2.24) is 0 Å². The van der Waals surface area contributed by atoms with E-state index < -0.39 is 11.0 Å². The van der Waals surface area contributed by atoms with Crippen LogP contribution in [0.5, 0.6) is 0 Å². The Balaban J connectivity index is 2.26. The van der Waals surface area contributed by atoms with Gasteiger partial charge in [0.2, 0.25) is 0 Å². The van der Waals surface area contributed by atoms with Gasteiger partial charge in [0.1, 0.15) is 0 Å². The van der Waals surface area contributed by atoms with Gasteiger partial charge in [-0.25, -0.2) is 0 Å². The Bertz CT molecular complexity index is 402. The number of nitrogen functional groups attached to an aromatic ring is 1. The van der Waals surface area contributed by atoms with Crippen LogP contribution >= 0.6 is 11.8 Å². The first-order chi connectivity index (χ1) is 7.18. The van der Waals surface area contributed by atoms with Gasteiger partial charge in [0.15, 0.2) is 0 Å². The van der Waals surface area contributed by atoms with Gasteiger partial charge in [-0.05, 0) is 24.3 Å². The van der Waals surface area contributed by atoms with E-state index in [0.717, 1.165) is 17.4 Å². The second-order valence-electron chi connectivity index (χ2n) is 3.18. The van der Waals surface area contributed by atoms with Crippen LogP contribution in [0, 0.1) is 0 Å². The number of carbonyl (C=O) groups excluding carboxylic acids is 2. The predicted molar refractivity (Wildman–Crippen MR) is 60.7 cm³/mol. The van der Waals surface area contributed by atoms with Crippen LogP contribution in [0.3, 0.4) is 0 Å². The summed E-state index contributed by atoms with van der Waals surface area (Å²) in [5.74, 6) is 0.200. The number of rotatable bonds is 1.